The standard InChI is InChI=1S/C19H17NO2/c1-13(14-6-4-3-5-7-14)17-10-8-15-12-16(19(21)22-2)9-11-18(15)20-17/h3-13H,1-2H3/t13-/m0/s1. The molecular formula is C19H17NO2. The van der Waals surface area contributed by atoms with E-state index in [1.54, 1.807) is 6.07 Å². The number of rotatable bonds is 3. The average Bonchev–Trinajstić information content (AvgIpc) is 2.60. The van der Waals surface area contributed by atoms with Gasteiger partial charge in [-0.2, -0.15) is 0 Å². The minimum absolute atomic E-state index is 0.228. The lowest BCUT2D eigenvalue weighted by atomic mass is 9.96. The Morgan fingerprint density at radius 2 is 1.82 bits per heavy atom. The number of ether oxygens (including phenoxy) is 1. The number of pyridine rings is 1. The second-order valence-electron chi connectivity index (χ2n) is 5.27. The normalized spacial score (nSPS) is 12.1. The highest BCUT2D eigenvalue weighted by Crippen LogP contribution is 2.24. The summed E-state index contributed by atoms with van der Waals surface area (Å²) in [5, 5.41) is 0.937. The molecule has 0 radical (unpaired) electrons. The van der Waals surface area contributed by atoms with Gasteiger partial charge in [-0.05, 0) is 29.8 Å². The van der Waals surface area contributed by atoms with Gasteiger partial charge in [0, 0.05) is 17.0 Å². The number of hydrogen-bond donors (Lipinski definition) is 0. The minimum Gasteiger partial charge on any atom is -0.465 e. The molecule has 0 saturated carbocycles. The van der Waals surface area contributed by atoms with E-state index in [4.69, 9.17) is 9.72 Å². The highest BCUT2D eigenvalue weighted by atomic mass is 16.5. The van der Waals surface area contributed by atoms with Crippen LogP contribution in [0.25, 0.3) is 10.9 Å². The lowest BCUT2D eigenvalue weighted by molar-refractivity contribution is 0.0601. The van der Waals surface area contributed by atoms with E-state index in [-0.39, 0.29) is 11.9 Å². The number of methoxy groups -OCH3 is 1. The predicted octanol–water partition coefficient (Wildman–Crippen LogP) is 4.17. The van der Waals surface area contributed by atoms with Crippen molar-refractivity contribution in [2.45, 2.75) is 12.8 Å². The molecule has 110 valence electrons. The minimum atomic E-state index is -0.330. The Kier molecular flexibility index (Phi) is 3.88. The van der Waals surface area contributed by atoms with E-state index in [0.29, 0.717) is 5.56 Å². The zero-order valence-corrected chi connectivity index (χ0v) is 12.6. The van der Waals surface area contributed by atoms with Crippen LogP contribution in [0.15, 0.2) is 60.7 Å². The fraction of sp³-hybridized carbons (Fsp3) is 0.158. The van der Waals surface area contributed by atoms with Crippen LogP contribution in [-0.4, -0.2) is 18.1 Å². The van der Waals surface area contributed by atoms with Gasteiger partial charge >= 0.3 is 5.97 Å². The molecule has 0 aliphatic heterocycles. The molecule has 1 aromatic heterocycles. The quantitative estimate of drug-likeness (QED) is 0.680. The maximum atomic E-state index is 11.6. The fourth-order valence-electron chi connectivity index (χ4n) is 2.54. The zero-order valence-electron chi connectivity index (χ0n) is 12.6. The molecular weight excluding hydrogens is 274 g/mol. The van der Waals surface area contributed by atoms with Gasteiger partial charge in [0.05, 0.1) is 18.2 Å². The summed E-state index contributed by atoms with van der Waals surface area (Å²) in [7, 11) is 1.38. The first-order valence-corrected chi connectivity index (χ1v) is 7.23. The highest BCUT2D eigenvalue weighted by Gasteiger charge is 2.11. The Labute approximate surface area is 129 Å². The summed E-state index contributed by atoms with van der Waals surface area (Å²) < 4.78 is 4.75. The third kappa shape index (κ3) is 2.70. The first kappa shape index (κ1) is 14.3. The predicted molar refractivity (Wildman–Crippen MR) is 87.0 cm³/mol. The van der Waals surface area contributed by atoms with Crippen LogP contribution in [0.3, 0.4) is 0 Å². The Bertz CT molecular complexity index is 812. The molecule has 1 atom stereocenters. The van der Waals surface area contributed by atoms with Crippen molar-refractivity contribution in [1.82, 2.24) is 4.98 Å². The van der Waals surface area contributed by atoms with Crippen LogP contribution in [0.4, 0.5) is 0 Å². The molecule has 0 spiro atoms. The van der Waals surface area contributed by atoms with Gasteiger partial charge in [0.1, 0.15) is 0 Å². The van der Waals surface area contributed by atoms with Crippen LogP contribution in [0, 0.1) is 0 Å². The molecule has 1 heterocycles. The molecule has 0 amide bonds. The Hall–Kier alpha value is -2.68. The Morgan fingerprint density at radius 3 is 2.55 bits per heavy atom. The molecule has 2 aromatic carbocycles. The number of carbonyl (C=O) groups is 1. The summed E-state index contributed by atoms with van der Waals surface area (Å²) in [6, 6.07) is 19.7. The van der Waals surface area contributed by atoms with Crippen molar-refractivity contribution in [2.75, 3.05) is 7.11 Å². The fourth-order valence-corrected chi connectivity index (χ4v) is 2.54. The number of fused-ring (bicyclic) bond motifs is 1. The van der Waals surface area contributed by atoms with E-state index in [1.807, 2.05) is 42.5 Å². The van der Waals surface area contributed by atoms with Gasteiger partial charge < -0.3 is 4.74 Å². The third-order valence-electron chi connectivity index (χ3n) is 3.88. The van der Waals surface area contributed by atoms with E-state index in [9.17, 15) is 4.79 Å². The Morgan fingerprint density at radius 1 is 1.05 bits per heavy atom. The lowest BCUT2D eigenvalue weighted by Gasteiger charge is -2.12. The number of hydrogen-bond acceptors (Lipinski definition) is 3. The first-order chi connectivity index (χ1) is 10.7. The van der Waals surface area contributed by atoms with Crippen molar-refractivity contribution in [1.29, 1.82) is 0 Å². The molecule has 0 saturated heterocycles. The summed E-state index contributed by atoms with van der Waals surface area (Å²) in [4.78, 5) is 16.3. The summed E-state index contributed by atoms with van der Waals surface area (Å²) >= 11 is 0. The molecule has 3 aromatic rings. The molecule has 0 aliphatic carbocycles. The van der Waals surface area contributed by atoms with E-state index in [1.165, 1.54) is 12.7 Å². The van der Waals surface area contributed by atoms with Crippen molar-refractivity contribution in [3.63, 3.8) is 0 Å². The molecule has 0 unspecified atom stereocenters. The van der Waals surface area contributed by atoms with Gasteiger partial charge in [-0.1, -0.05) is 43.3 Å². The second-order valence-corrected chi connectivity index (χ2v) is 5.27. The van der Waals surface area contributed by atoms with Crippen molar-refractivity contribution in [2.24, 2.45) is 0 Å². The third-order valence-corrected chi connectivity index (χ3v) is 3.88. The van der Waals surface area contributed by atoms with Crippen molar-refractivity contribution >= 4 is 16.9 Å². The SMILES string of the molecule is COC(=O)c1ccc2nc([C@@H](C)c3ccccc3)ccc2c1. The maximum Gasteiger partial charge on any atom is 0.337 e. The highest BCUT2D eigenvalue weighted by molar-refractivity contribution is 5.94. The molecule has 0 aliphatic rings. The largest absolute Gasteiger partial charge is 0.465 e. The number of esters is 1. The molecule has 3 rings (SSSR count). The molecule has 22 heavy (non-hydrogen) atoms. The van der Waals surface area contributed by atoms with Gasteiger partial charge in [-0.3, -0.25) is 4.98 Å². The van der Waals surface area contributed by atoms with Gasteiger partial charge in [-0.25, -0.2) is 4.79 Å². The molecule has 0 N–H and O–H groups in total. The van der Waals surface area contributed by atoms with E-state index in [0.717, 1.165) is 16.6 Å². The van der Waals surface area contributed by atoms with Gasteiger partial charge in [0.25, 0.3) is 0 Å². The second kappa shape index (κ2) is 5.98. The van der Waals surface area contributed by atoms with Gasteiger partial charge in [0.2, 0.25) is 0 Å². The van der Waals surface area contributed by atoms with E-state index < -0.39 is 0 Å². The summed E-state index contributed by atoms with van der Waals surface area (Å²) in [5.41, 5.74) is 3.68. The summed E-state index contributed by atoms with van der Waals surface area (Å²) in [5.74, 6) is -0.102. The zero-order chi connectivity index (χ0) is 15.5. The van der Waals surface area contributed by atoms with Crippen molar-refractivity contribution < 1.29 is 9.53 Å². The van der Waals surface area contributed by atoms with Gasteiger partial charge in [-0.15, -0.1) is 0 Å². The molecule has 3 nitrogen and oxygen atoms in total. The topological polar surface area (TPSA) is 39.2 Å². The Balaban J connectivity index is 1.98. The summed E-state index contributed by atoms with van der Waals surface area (Å²) in [6.45, 7) is 2.15. The first-order valence-electron chi connectivity index (χ1n) is 7.23. The van der Waals surface area contributed by atoms with Gasteiger partial charge in [0.15, 0.2) is 0 Å². The maximum absolute atomic E-state index is 11.6. The van der Waals surface area contributed by atoms with E-state index in [2.05, 4.69) is 19.1 Å². The summed E-state index contributed by atoms with van der Waals surface area (Å²) in [6.07, 6.45) is 0. The molecule has 3 heteroatoms. The molecule has 0 fully saturated rings. The lowest BCUT2D eigenvalue weighted by Crippen LogP contribution is -2.02. The molecule has 0 bridgehead atoms. The van der Waals surface area contributed by atoms with Crippen LogP contribution >= 0.6 is 0 Å². The number of aromatic nitrogens is 1. The van der Waals surface area contributed by atoms with Crippen LogP contribution in [0.1, 0.15) is 34.5 Å². The number of benzene rings is 2. The van der Waals surface area contributed by atoms with Crippen molar-refractivity contribution in [3.05, 3.63) is 77.5 Å². The monoisotopic (exact) mass is 291 g/mol. The van der Waals surface area contributed by atoms with Crippen LogP contribution in [0.2, 0.25) is 0 Å². The van der Waals surface area contributed by atoms with Crippen LogP contribution in [-0.2, 0) is 4.74 Å². The van der Waals surface area contributed by atoms with Crippen LogP contribution < -0.4 is 0 Å². The number of carbonyl (C=O) groups excluding carboxylic acids is 1. The average molecular weight is 291 g/mol. The van der Waals surface area contributed by atoms with Crippen LogP contribution in [0.5, 0.6) is 0 Å². The van der Waals surface area contributed by atoms with Crippen molar-refractivity contribution in [3.8, 4) is 0 Å². The van der Waals surface area contributed by atoms with E-state index >= 15 is 0 Å². The number of nitrogens with zero attached hydrogens (tertiary/aromatic N) is 1. The smallest absolute Gasteiger partial charge is 0.337 e.